The predicted molar refractivity (Wildman–Crippen MR) is 113 cm³/mol. The molecule has 2 aromatic heterocycles. The second kappa shape index (κ2) is 8.66. The number of piperazine rings is 1. The van der Waals surface area contributed by atoms with Crippen molar-refractivity contribution in [2.75, 3.05) is 26.2 Å². The summed E-state index contributed by atoms with van der Waals surface area (Å²) in [6, 6.07) is 11.7. The number of hydrogen-bond donors (Lipinski definition) is 0. The molecule has 0 unspecified atom stereocenters. The standard InChI is InChI=1S/C20H20Cl2N4OS/c21-18-4-2-1-3-15(18)12-26-13-16(11-23-26)20(27)25-9-7-24(8-10-25)14-17-5-6-19(22)28-17/h1-6,11,13H,7-10,12,14H2. The molecule has 28 heavy (non-hydrogen) atoms. The van der Waals surface area contributed by atoms with Crippen LogP contribution in [0.5, 0.6) is 0 Å². The Morgan fingerprint density at radius 1 is 1.04 bits per heavy atom. The summed E-state index contributed by atoms with van der Waals surface area (Å²) in [6.45, 7) is 4.57. The van der Waals surface area contributed by atoms with Crippen molar-refractivity contribution < 1.29 is 4.79 Å². The van der Waals surface area contributed by atoms with E-state index in [1.807, 2.05) is 35.2 Å². The van der Waals surface area contributed by atoms with Crippen molar-refractivity contribution in [2.24, 2.45) is 0 Å². The first kappa shape index (κ1) is 19.5. The Kier molecular flexibility index (Phi) is 6.01. The van der Waals surface area contributed by atoms with E-state index in [1.54, 1.807) is 28.4 Å². The van der Waals surface area contributed by atoms with Crippen LogP contribution in [-0.2, 0) is 13.1 Å². The van der Waals surface area contributed by atoms with Crippen LogP contribution in [0.1, 0.15) is 20.8 Å². The maximum atomic E-state index is 12.8. The molecule has 3 heterocycles. The van der Waals surface area contributed by atoms with Crippen LogP contribution in [0, 0.1) is 0 Å². The zero-order valence-electron chi connectivity index (χ0n) is 15.2. The number of benzene rings is 1. The van der Waals surface area contributed by atoms with Crippen molar-refractivity contribution in [3.63, 3.8) is 0 Å². The minimum atomic E-state index is 0.0317. The molecular formula is C20H20Cl2N4OS. The van der Waals surface area contributed by atoms with Gasteiger partial charge < -0.3 is 4.90 Å². The van der Waals surface area contributed by atoms with Crippen LogP contribution in [0.3, 0.4) is 0 Å². The number of thiophene rings is 1. The smallest absolute Gasteiger partial charge is 0.257 e. The number of carbonyl (C=O) groups excluding carboxylic acids is 1. The lowest BCUT2D eigenvalue weighted by atomic mass is 10.2. The number of rotatable bonds is 5. The van der Waals surface area contributed by atoms with E-state index in [4.69, 9.17) is 23.2 Å². The van der Waals surface area contributed by atoms with Gasteiger partial charge in [-0.3, -0.25) is 14.4 Å². The molecule has 5 nitrogen and oxygen atoms in total. The van der Waals surface area contributed by atoms with Crippen LogP contribution in [0.15, 0.2) is 48.8 Å². The first-order valence-electron chi connectivity index (χ1n) is 9.10. The fourth-order valence-corrected chi connectivity index (χ4v) is 4.64. The minimum absolute atomic E-state index is 0.0317. The van der Waals surface area contributed by atoms with Crippen molar-refractivity contribution in [1.29, 1.82) is 0 Å². The van der Waals surface area contributed by atoms with E-state index in [1.165, 1.54) is 4.88 Å². The van der Waals surface area contributed by atoms with Gasteiger partial charge in [0, 0.05) is 48.8 Å². The molecule has 8 heteroatoms. The Morgan fingerprint density at radius 2 is 1.82 bits per heavy atom. The van der Waals surface area contributed by atoms with Gasteiger partial charge in [0.1, 0.15) is 0 Å². The van der Waals surface area contributed by atoms with E-state index >= 15 is 0 Å². The fraction of sp³-hybridized carbons (Fsp3) is 0.300. The third kappa shape index (κ3) is 4.58. The van der Waals surface area contributed by atoms with E-state index in [9.17, 15) is 4.79 Å². The molecule has 3 aromatic rings. The monoisotopic (exact) mass is 434 g/mol. The van der Waals surface area contributed by atoms with Crippen molar-refractivity contribution in [3.05, 3.63) is 74.2 Å². The predicted octanol–water partition coefficient (Wildman–Crippen LogP) is 4.26. The van der Waals surface area contributed by atoms with Crippen LogP contribution >= 0.6 is 34.5 Å². The van der Waals surface area contributed by atoms with Gasteiger partial charge >= 0.3 is 0 Å². The number of hydrogen-bond acceptors (Lipinski definition) is 4. The molecule has 146 valence electrons. The molecule has 0 saturated carbocycles. The van der Waals surface area contributed by atoms with Crippen molar-refractivity contribution in [1.82, 2.24) is 19.6 Å². The number of nitrogens with zero attached hydrogens (tertiary/aromatic N) is 4. The van der Waals surface area contributed by atoms with Gasteiger partial charge in [0.2, 0.25) is 0 Å². The van der Waals surface area contributed by atoms with Crippen LogP contribution in [0.2, 0.25) is 9.36 Å². The summed E-state index contributed by atoms with van der Waals surface area (Å²) in [7, 11) is 0. The number of amides is 1. The first-order valence-corrected chi connectivity index (χ1v) is 10.7. The molecule has 1 saturated heterocycles. The summed E-state index contributed by atoms with van der Waals surface area (Å²) in [5.74, 6) is 0.0317. The Balaban J connectivity index is 1.33. The summed E-state index contributed by atoms with van der Waals surface area (Å²) in [4.78, 5) is 18.3. The van der Waals surface area contributed by atoms with Crippen LogP contribution in [0.25, 0.3) is 0 Å². The quantitative estimate of drug-likeness (QED) is 0.602. The number of aromatic nitrogens is 2. The summed E-state index contributed by atoms with van der Waals surface area (Å²) in [5.41, 5.74) is 1.60. The molecule has 0 spiro atoms. The molecular weight excluding hydrogens is 415 g/mol. The van der Waals surface area contributed by atoms with Gasteiger partial charge in [0.15, 0.2) is 0 Å². The Bertz CT molecular complexity index is 963. The number of halogens is 2. The molecule has 1 amide bonds. The molecule has 0 atom stereocenters. The topological polar surface area (TPSA) is 41.4 Å². The van der Waals surface area contributed by atoms with Crippen LogP contribution < -0.4 is 0 Å². The van der Waals surface area contributed by atoms with Gasteiger partial charge in [-0.2, -0.15) is 5.10 Å². The maximum Gasteiger partial charge on any atom is 0.257 e. The summed E-state index contributed by atoms with van der Waals surface area (Å²) < 4.78 is 2.57. The highest BCUT2D eigenvalue weighted by Gasteiger charge is 2.23. The molecule has 1 fully saturated rings. The summed E-state index contributed by atoms with van der Waals surface area (Å²) in [6.07, 6.45) is 3.44. The molecule has 0 aliphatic carbocycles. The fourth-order valence-electron chi connectivity index (χ4n) is 3.31. The third-order valence-electron chi connectivity index (χ3n) is 4.84. The lowest BCUT2D eigenvalue weighted by Gasteiger charge is -2.34. The average Bonchev–Trinajstić information content (AvgIpc) is 3.33. The molecule has 1 aliphatic heterocycles. The highest BCUT2D eigenvalue weighted by atomic mass is 35.5. The van der Waals surface area contributed by atoms with Gasteiger partial charge in [-0.15, -0.1) is 11.3 Å². The average molecular weight is 435 g/mol. The Labute approximate surface area is 178 Å². The molecule has 1 aliphatic rings. The van der Waals surface area contributed by atoms with E-state index in [0.29, 0.717) is 30.2 Å². The molecule has 4 rings (SSSR count). The van der Waals surface area contributed by atoms with Crippen LogP contribution in [0.4, 0.5) is 0 Å². The Morgan fingerprint density at radius 3 is 2.54 bits per heavy atom. The normalized spacial score (nSPS) is 15.1. The highest BCUT2D eigenvalue weighted by molar-refractivity contribution is 7.16. The van der Waals surface area contributed by atoms with Gasteiger partial charge in [-0.05, 0) is 23.8 Å². The van der Waals surface area contributed by atoms with Gasteiger partial charge in [0.25, 0.3) is 5.91 Å². The molecule has 0 N–H and O–H groups in total. The van der Waals surface area contributed by atoms with Crippen molar-refractivity contribution in [3.8, 4) is 0 Å². The van der Waals surface area contributed by atoms with E-state index < -0.39 is 0 Å². The first-order chi connectivity index (χ1) is 13.6. The van der Waals surface area contributed by atoms with Gasteiger partial charge in [-0.25, -0.2) is 0 Å². The Hall–Kier alpha value is -1.86. The lowest BCUT2D eigenvalue weighted by molar-refractivity contribution is 0.0629. The van der Waals surface area contributed by atoms with Gasteiger partial charge in [0.05, 0.1) is 22.6 Å². The minimum Gasteiger partial charge on any atom is -0.336 e. The third-order valence-corrected chi connectivity index (χ3v) is 6.42. The zero-order chi connectivity index (χ0) is 19.5. The second-order valence-corrected chi connectivity index (χ2v) is 9.00. The lowest BCUT2D eigenvalue weighted by Crippen LogP contribution is -2.48. The largest absolute Gasteiger partial charge is 0.336 e. The van der Waals surface area contributed by atoms with Crippen LogP contribution in [-0.4, -0.2) is 51.7 Å². The van der Waals surface area contributed by atoms with E-state index in [0.717, 1.165) is 29.5 Å². The molecule has 0 radical (unpaired) electrons. The highest BCUT2D eigenvalue weighted by Crippen LogP contribution is 2.23. The SMILES string of the molecule is O=C(c1cnn(Cc2ccccc2Cl)c1)N1CCN(Cc2ccc(Cl)s2)CC1. The molecule has 1 aromatic carbocycles. The molecule has 0 bridgehead atoms. The summed E-state index contributed by atoms with van der Waals surface area (Å²) >= 11 is 13.8. The van der Waals surface area contributed by atoms with Gasteiger partial charge in [-0.1, -0.05) is 41.4 Å². The number of carbonyl (C=O) groups is 1. The van der Waals surface area contributed by atoms with E-state index in [-0.39, 0.29) is 5.91 Å². The maximum absolute atomic E-state index is 12.8. The summed E-state index contributed by atoms with van der Waals surface area (Å²) in [5, 5.41) is 5.03. The zero-order valence-corrected chi connectivity index (χ0v) is 17.6. The van der Waals surface area contributed by atoms with Crippen molar-refractivity contribution >= 4 is 40.4 Å². The second-order valence-electron chi connectivity index (χ2n) is 6.79. The van der Waals surface area contributed by atoms with Crippen molar-refractivity contribution in [2.45, 2.75) is 13.1 Å². The van der Waals surface area contributed by atoms with E-state index in [2.05, 4.69) is 16.1 Å².